The Morgan fingerprint density at radius 2 is 1.78 bits per heavy atom. The van der Waals surface area contributed by atoms with E-state index >= 15 is 0 Å². The lowest BCUT2D eigenvalue weighted by atomic mass is 10.1. The first-order chi connectivity index (χ1) is 12.9. The first-order valence-electron chi connectivity index (χ1n) is 7.96. The van der Waals surface area contributed by atoms with Crippen molar-refractivity contribution in [3.05, 3.63) is 65.5 Å². The molecule has 0 radical (unpaired) electrons. The topological polar surface area (TPSA) is 102 Å². The molecule has 2 rings (SSSR count). The minimum absolute atomic E-state index is 0.150. The molecular formula is C19H17FN2O5. The smallest absolute Gasteiger partial charge is 0.325 e. The second kappa shape index (κ2) is 9.23. The number of rotatable bonds is 7. The van der Waals surface area contributed by atoms with E-state index in [1.807, 2.05) is 0 Å². The van der Waals surface area contributed by atoms with E-state index in [0.717, 1.165) is 6.07 Å². The molecular weight excluding hydrogens is 355 g/mol. The van der Waals surface area contributed by atoms with Gasteiger partial charge in [0.15, 0.2) is 12.4 Å². The molecule has 0 fully saturated rings. The molecule has 2 aromatic carbocycles. The number of amides is 2. The Kier molecular flexibility index (Phi) is 6.76. The molecule has 0 aliphatic rings. The van der Waals surface area contributed by atoms with Crippen molar-refractivity contribution < 1.29 is 28.3 Å². The third-order valence-electron chi connectivity index (χ3n) is 3.43. The number of ether oxygens (including phenoxy) is 1. The van der Waals surface area contributed by atoms with E-state index in [2.05, 4.69) is 10.6 Å². The summed E-state index contributed by atoms with van der Waals surface area (Å²) in [4.78, 5) is 46.5. The van der Waals surface area contributed by atoms with Crippen molar-refractivity contribution in [2.24, 2.45) is 0 Å². The molecule has 0 aliphatic heterocycles. The lowest BCUT2D eigenvalue weighted by Gasteiger charge is -2.08. The van der Waals surface area contributed by atoms with Crippen molar-refractivity contribution in [3.8, 4) is 0 Å². The van der Waals surface area contributed by atoms with Gasteiger partial charge in [-0.25, -0.2) is 4.39 Å². The van der Waals surface area contributed by atoms with E-state index < -0.39 is 36.8 Å². The van der Waals surface area contributed by atoms with Gasteiger partial charge >= 0.3 is 5.97 Å². The van der Waals surface area contributed by atoms with Crippen LogP contribution in [0.2, 0.25) is 0 Å². The van der Waals surface area contributed by atoms with Gasteiger partial charge in [-0.05, 0) is 31.2 Å². The SMILES string of the molecule is CC(=O)c1cccc(NC(=O)COC(=O)CNC(=O)c2ccccc2F)c1. The molecule has 140 valence electrons. The maximum Gasteiger partial charge on any atom is 0.325 e. The Morgan fingerprint density at radius 1 is 1.04 bits per heavy atom. The van der Waals surface area contributed by atoms with Gasteiger partial charge < -0.3 is 15.4 Å². The summed E-state index contributed by atoms with van der Waals surface area (Å²) in [5.74, 6) is -3.09. The standard InChI is InChI=1S/C19H17FN2O5/c1-12(23)13-5-4-6-14(9-13)22-17(24)11-27-18(25)10-21-19(26)15-7-2-3-8-16(15)20/h2-9H,10-11H2,1H3,(H,21,26)(H,22,24). The van der Waals surface area contributed by atoms with Gasteiger partial charge in [0.1, 0.15) is 12.4 Å². The summed E-state index contributed by atoms with van der Waals surface area (Å²) in [7, 11) is 0. The number of nitrogens with one attached hydrogen (secondary N) is 2. The summed E-state index contributed by atoms with van der Waals surface area (Å²) in [6.07, 6.45) is 0. The molecule has 7 nitrogen and oxygen atoms in total. The zero-order chi connectivity index (χ0) is 19.8. The van der Waals surface area contributed by atoms with Crippen molar-refractivity contribution in [2.45, 2.75) is 6.92 Å². The van der Waals surface area contributed by atoms with Crippen LogP contribution in [0.4, 0.5) is 10.1 Å². The van der Waals surface area contributed by atoms with Crippen LogP contribution < -0.4 is 10.6 Å². The Morgan fingerprint density at radius 3 is 2.48 bits per heavy atom. The molecule has 0 saturated carbocycles. The predicted molar refractivity (Wildman–Crippen MR) is 94.8 cm³/mol. The second-order valence-electron chi connectivity index (χ2n) is 5.51. The number of anilines is 1. The fourth-order valence-electron chi connectivity index (χ4n) is 2.10. The molecule has 0 spiro atoms. The average molecular weight is 372 g/mol. The average Bonchev–Trinajstić information content (AvgIpc) is 2.65. The molecule has 2 aromatic rings. The van der Waals surface area contributed by atoms with Gasteiger partial charge in [0.05, 0.1) is 5.56 Å². The molecule has 27 heavy (non-hydrogen) atoms. The van der Waals surface area contributed by atoms with Gasteiger partial charge in [-0.15, -0.1) is 0 Å². The van der Waals surface area contributed by atoms with Crippen molar-refractivity contribution in [3.63, 3.8) is 0 Å². The van der Waals surface area contributed by atoms with Gasteiger partial charge in [-0.1, -0.05) is 24.3 Å². The second-order valence-corrected chi connectivity index (χ2v) is 5.51. The summed E-state index contributed by atoms with van der Waals surface area (Å²) in [6.45, 7) is 0.317. The number of ketones is 1. The fourth-order valence-corrected chi connectivity index (χ4v) is 2.10. The summed E-state index contributed by atoms with van der Waals surface area (Å²) >= 11 is 0. The zero-order valence-corrected chi connectivity index (χ0v) is 14.5. The predicted octanol–water partition coefficient (Wildman–Crippen LogP) is 1.94. The van der Waals surface area contributed by atoms with E-state index in [1.54, 1.807) is 18.2 Å². The number of benzene rings is 2. The Hall–Kier alpha value is -3.55. The highest BCUT2D eigenvalue weighted by atomic mass is 19.1. The van der Waals surface area contributed by atoms with Crippen LogP contribution in [0.3, 0.4) is 0 Å². The van der Waals surface area contributed by atoms with Gasteiger partial charge in [0.25, 0.3) is 11.8 Å². The van der Waals surface area contributed by atoms with E-state index in [1.165, 1.54) is 31.2 Å². The fraction of sp³-hybridized carbons (Fsp3) is 0.158. The Balaban J connectivity index is 1.77. The summed E-state index contributed by atoms with van der Waals surface area (Å²) in [5, 5.41) is 4.70. The van der Waals surface area contributed by atoms with E-state index in [9.17, 15) is 23.6 Å². The summed E-state index contributed by atoms with van der Waals surface area (Å²) in [6, 6.07) is 11.6. The largest absolute Gasteiger partial charge is 0.454 e. The summed E-state index contributed by atoms with van der Waals surface area (Å²) < 4.78 is 18.2. The molecule has 0 unspecified atom stereocenters. The van der Waals surface area contributed by atoms with Crippen LogP contribution >= 0.6 is 0 Å². The molecule has 0 bridgehead atoms. The minimum atomic E-state index is -0.854. The maximum atomic E-state index is 13.5. The van der Waals surface area contributed by atoms with Crippen LogP contribution in [0, 0.1) is 5.82 Å². The normalized spacial score (nSPS) is 10.0. The van der Waals surface area contributed by atoms with Crippen LogP contribution in [0.25, 0.3) is 0 Å². The molecule has 0 atom stereocenters. The van der Waals surface area contributed by atoms with Crippen molar-refractivity contribution >= 4 is 29.3 Å². The van der Waals surface area contributed by atoms with Gasteiger partial charge in [-0.3, -0.25) is 19.2 Å². The molecule has 8 heteroatoms. The third kappa shape index (κ3) is 6.03. The quantitative estimate of drug-likeness (QED) is 0.571. The number of esters is 1. The van der Waals surface area contributed by atoms with Crippen LogP contribution in [-0.2, 0) is 14.3 Å². The number of hydrogen-bond acceptors (Lipinski definition) is 5. The molecule has 0 heterocycles. The Bertz CT molecular complexity index is 882. The monoisotopic (exact) mass is 372 g/mol. The number of hydrogen-bond donors (Lipinski definition) is 2. The lowest BCUT2D eigenvalue weighted by molar-refractivity contribution is -0.146. The molecule has 0 saturated heterocycles. The number of Topliss-reactive ketones (excluding diaryl/α,β-unsaturated/α-hetero) is 1. The highest BCUT2D eigenvalue weighted by molar-refractivity contribution is 5.98. The van der Waals surface area contributed by atoms with Crippen LogP contribution in [0.5, 0.6) is 0 Å². The highest BCUT2D eigenvalue weighted by Crippen LogP contribution is 2.11. The zero-order valence-electron chi connectivity index (χ0n) is 14.5. The molecule has 0 aliphatic carbocycles. The van der Waals surface area contributed by atoms with Gasteiger partial charge in [0.2, 0.25) is 0 Å². The van der Waals surface area contributed by atoms with Crippen LogP contribution in [0.15, 0.2) is 48.5 Å². The number of carbonyl (C=O) groups excluding carboxylic acids is 4. The maximum absolute atomic E-state index is 13.5. The van der Waals surface area contributed by atoms with E-state index in [0.29, 0.717) is 11.3 Å². The minimum Gasteiger partial charge on any atom is -0.454 e. The highest BCUT2D eigenvalue weighted by Gasteiger charge is 2.13. The van der Waals surface area contributed by atoms with Crippen molar-refractivity contribution in [1.82, 2.24) is 5.32 Å². The third-order valence-corrected chi connectivity index (χ3v) is 3.43. The van der Waals surface area contributed by atoms with Gasteiger partial charge in [0, 0.05) is 11.3 Å². The molecule has 0 aromatic heterocycles. The molecule has 2 amide bonds. The van der Waals surface area contributed by atoms with E-state index in [-0.39, 0.29) is 11.3 Å². The van der Waals surface area contributed by atoms with Crippen LogP contribution in [-0.4, -0.2) is 36.7 Å². The first kappa shape index (κ1) is 19.8. The Labute approximate surface area is 154 Å². The van der Waals surface area contributed by atoms with Crippen molar-refractivity contribution in [2.75, 3.05) is 18.5 Å². The van der Waals surface area contributed by atoms with Gasteiger partial charge in [-0.2, -0.15) is 0 Å². The number of halogens is 1. The number of carbonyl (C=O) groups is 4. The molecule has 2 N–H and O–H groups in total. The van der Waals surface area contributed by atoms with Crippen molar-refractivity contribution in [1.29, 1.82) is 0 Å². The van der Waals surface area contributed by atoms with Crippen LogP contribution in [0.1, 0.15) is 27.6 Å². The lowest BCUT2D eigenvalue weighted by Crippen LogP contribution is -2.32. The first-order valence-corrected chi connectivity index (χ1v) is 7.96. The van der Waals surface area contributed by atoms with E-state index in [4.69, 9.17) is 4.74 Å². The summed E-state index contributed by atoms with van der Waals surface area (Å²) in [5.41, 5.74) is 0.616.